The molecular formula is C12H14N2O8S. The Morgan fingerprint density at radius 3 is 2.43 bits per heavy atom. The van der Waals surface area contributed by atoms with Crippen molar-refractivity contribution in [2.75, 3.05) is 5.32 Å². The summed E-state index contributed by atoms with van der Waals surface area (Å²) in [4.78, 5) is 22.5. The Morgan fingerprint density at radius 1 is 1.26 bits per heavy atom. The number of carboxylic acid groups (broad SMARTS) is 1. The van der Waals surface area contributed by atoms with Gasteiger partial charge in [0, 0.05) is 0 Å². The molecule has 0 aromatic heterocycles. The summed E-state index contributed by atoms with van der Waals surface area (Å²) in [6, 6.07) is 5.30. The van der Waals surface area contributed by atoms with Crippen LogP contribution in [-0.2, 0) is 24.3 Å². The average Bonchev–Trinajstić information content (AvgIpc) is 2.47. The van der Waals surface area contributed by atoms with Gasteiger partial charge < -0.3 is 25.4 Å². The normalized spacial score (nSPS) is 28.4. The summed E-state index contributed by atoms with van der Waals surface area (Å²) in [5, 5.41) is 35.5. The second-order valence-corrected chi connectivity index (χ2v) is 6.33. The van der Waals surface area contributed by atoms with Gasteiger partial charge in [-0.1, -0.05) is 12.1 Å². The van der Waals surface area contributed by atoms with Gasteiger partial charge in [-0.15, -0.1) is 0 Å². The number of nitrogens with one attached hydrogen (secondary N) is 1. The number of aliphatic hydroxyl groups is 2. The molecule has 1 aliphatic rings. The van der Waals surface area contributed by atoms with Crippen molar-refractivity contribution in [2.24, 2.45) is 5.14 Å². The molecule has 10 nitrogen and oxygen atoms in total. The van der Waals surface area contributed by atoms with Crippen LogP contribution >= 0.6 is 0 Å². The standard InChI is InChI=1S/C12H14N2O8S/c13-23(20,21)6-4-2-1-3-5(6)14-11-9(17)7(15)8(16)10(22-11)12(18)19/h1-4,7-8,10-11,14-16H,(H,18,19)(H2,13,20,21). The number of aliphatic hydroxyl groups excluding tert-OH is 2. The van der Waals surface area contributed by atoms with E-state index in [2.05, 4.69) is 5.32 Å². The molecule has 0 aliphatic carbocycles. The minimum absolute atomic E-state index is 0.110. The number of para-hydroxylation sites is 1. The van der Waals surface area contributed by atoms with Gasteiger partial charge in [0.05, 0.1) is 5.69 Å². The van der Waals surface area contributed by atoms with Gasteiger partial charge in [-0.2, -0.15) is 0 Å². The molecule has 11 heteroatoms. The second-order valence-electron chi connectivity index (χ2n) is 4.80. The lowest BCUT2D eigenvalue weighted by molar-refractivity contribution is -0.191. The molecule has 2 rings (SSSR count). The zero-order chi connectivity index (χ0) is 17.4. The molecule has 1 fully saturated rings. The van der Waals surface area contributed by atoms with Crippen LogP contribution in [0.25, 0.3) is 0 Å². The lowest BCUT2D eigenvalue weighted by atomic mass is 9.99. The molecule has 1 heterocycles. The van der Waals surface area contributed by atoms with Crippen LogP contribution in [0, 0.1) is 0 Å². The van der Waals surface area contributed by atoms with E-state index in [1.807, 2.05) is 0 Å². The lowest BCUT2D eigenvalue weighted by Crippen LogP contribution is -2.59. The molecular weight excluding hydrogens is 332 g/mol. The van der Waals surface area contributed by atoms with Gasteiger partial charge in [-0.3, -0.25) is 4.79 Å². The number of hydrogen-bond donors (Lipinski definition) is 5. The van der Waals surface area contributed by atoms with Crippen LogP contribution < -0.4 is 10.5 Å². The largest absolute Gasteiger partial charge is 0.479 e. The Labute approximate surface area is 130 Å². The Hall–Kier alpha value is -2.05. The highest BCUT2D eigenvalue weighted by molar-refractivity contribution is 7.89. The van der Waals surface area contributed by atoms with Crippen LogP contribution in [0.5, 0.6) is 0 Å². The van der Waals surface area contributed by atoms with Gasteiger partial charge in [-0.05, 0) is 12.1 Å². The summed E-state index contributed by atoms with van der Waals surface area (Å²) in [5.74, 6) is -2.63. The minimum atomic E-state index is -4.11. The summed E-state index contributed by atoms with van der Waals surface area (Å²) in [7, 11) is -4.11. The SMILES string of the molecule is NS(=O)(=O)c1ccccc1NC1OC(C(=O)O)C(O)C(O)C1=O. The van der Waals surface area contributed by atoms with Crippen molar-refractivity contribution in [1.29, 1.82) is 0 Å². The molecule has 4 atom stereocenters. The number of aliphatic carboxylic acids is 1. The van der Waals surface area contributed by atoms with Crippen molar-refractivity contribution in [2.45, 2.75) is 29.4 Å². The smallest absolute Gasteiger partial charge is 0.335 e. The molecule has 1 saturated heterocycles. The van der Waals surface area contributed by atoms with Crippen LogP contribution in [0.4, 0.5) is 5.69 Å². The number of primary sulfonamides is 1. The number of benzene rings is 1. The van der Waals surface area contributed by atoms with E-state index in [-0.39, 0.29) is 10.6 Å². The molecule has 0 amide bonds. The van der Waals surface area contributed by atoms with Gasteiger partial charge in [0.25, 0.3) is 0 Å². The first-order chi connectivity index (χ1) is 10.6. The molecule has 6 N–H and O–H groups in total. The second kappa shape index (κ2) is 6.22. The van der Waals surface area contributed by atoms with Gasteiger partial charge >= 0.3 is 5.97 Å². The van der Waals surface area contributed by atoms with E-state index in [1.54, 1.807) is 0 Å². The van der Waals surface area contributed by atoms with E-state index in [0.29, 0.717) is 0 Å². The molecule has 0 radical (unpaired) electrons. The highest BCUT2D eigenvalue weighted by atomic mass is 32.2. The zero-order valence-corrected chi connectivity index (χ0v) is 12.3. The van der Waals surface area contributed by atoms with Crippen LogP contribution in [0.15, 0.2) is 29.2 Å². The Balaban J connectivity index is 2.33. The number of hydrogen-bond acceptors (Lipinski definition) is 8. The first-order valence-corrected chi connectivity index (χ1v) is 7.84. The Kier molecular flexibility index (Phi) is 4.68. The summed E-state index contributed by atoms with van der Waals surface area (Å²) in [5.41, 5.74) is -0.110. The third kappa shape index (κ3) is 3.48. The van der Waals surface area contributed by atoms with E-state index in [1.165, 1.54) is 24.3 Å². The monoisotopic (exact) mass is 346 g/mol. The number of carbonyl (C=O) groups is 2. The molecule has 4 unspecified atom stereocenters. The molecule has 0 saturated carbocycles. The number of ketones is 1. The zero-order valence-electron chi connectivity index (χ0n) is 11.5. The van der Waals surface area contributed by atoms with Crippen molar-refractivity contribution >= 4 is 27.5 Å². The number of carbonyl (C=O) groups excluding carboxylic acids is 1. The molecule has 1 aromatic rings. The van der Waals surface area contributed by atoms with Gasteiger partial charge in [0.15, 0.2) is 12.3 Å². The van der Waals surface area contributed by atoms with E-state index in [0.717, 1.165) is 0 Å². The van der Waals surface area contributed by atoms with Crippen molar-refractivity contribution in [3.05, 3.63) is 24.3 Å². The average molecular weight is 346 g/mol. The molecule has 0 spiro atoms. The maximum atomic E-state index is 11.9. The van der Waals surface area contributed by atoms with Crippen LogP contribution in [0.1, 0.15) is 0 Å². The van der Waals surface area contributed by atoms with Crippen molar-refractivity contribution in [3.8, 4) is 0 Å². The van der Waals surface area contributed by atoms with Crippen LogP contribution in [0.3, 0.4) is 0 Å². The maximum Gasteiger partial charge on any atom is 0.335 e. The summed E-state index contributed by atoms with van der Waals surface area (Å²) >= 11 is 0. The van der Waals surface area contributed by atoms with E-state index >= 15 is 0 Å². The van der Waals surface area contributed by atoms with Crippen LogP contribution in [-0.4, -0.2) is 60.0 Å². The first kappa shape index (κ1) is 17.3. The fourth-order valence-corrected chi connectivity index (χ4v) is 2.77. The van der Waals surface area contributed by atoms with E-state index in [9.17, 15) is 28.2 Å². The molecule has 0 bridgehead atoms. The van der Waals surface area contributed by atoms with Gasteiger partial charge in [-0.25, -0.2) is 18.4 Å². The van der Waals surface area contributed by atoms with Crippen molar-refractivity contribution in [3.63, 3.8) is 0 Å². The predicted octanol–water partition coefficient (Wildman–Crippen LogP) is -2.15. The lowest BCUT2D eigenvalue weighted by Gasteiger charge is -2.34. The number of carboxylic acids is 1. The number of Topliss-reactive ketones (excluding diaryl/α,β-unsaturated/α-hetero) is 1. The third-order valence-corrected chi connectivity index (χ3v) is 4.16. The molecule has 1 aromatic carbocycles. The maximum absolute atomic E-state index is 11.9. The van der Waals surface area contributed by atoms with Gasteiger partial charge in [0.1, 0.15) is 17.1 Å². The fraction of sp³-hybridized carbons (Fsp3) is 0.333. The number of rotatable bonds is 4. The van der Waals surface area contributed by atoms with Crippen LogP contribution in [0.2, 0.25) is 0 Å². The minimum Gasteiger partial charge on any atom is -0.479 e. The number of sulfonamides is 1. The molecule has 1 aliphatic heterocycles. The third-order valence-electron chi connectivity index (χ3n) is 3.19. The van der Waals surface area contributed by atoms with Gasteiger partial charge in [0.2, 0.25) is 15.8 Å². The highest BCUT2D eigenvalue weighted by Crippen LogP contribution is 2.24. The Bertz CT molecular complexity index is 734. The number of nitrogens with two attached hydrogens (primary N) is 1. The molecule has 23 heavy (non-hydrogen) atoms. The first-order valence-electron chi connectivity index (χ1n) is 6.29. The topological polar surface area (TPSA) is 176 Å². The highest BCUT2D eigenvalue weighted by Gasteiger charge is 2.47. The number of ether oxygens (including phenoxy) is 1. The van der Waals surface area contributed by atoms with E-state index < -0.39 is 46.3 Å². The Morgan fingerprint density at radius 2 is 1.87 bits per heavy atom. The van der Waals surface area contributed by atoms with Crippen molar-refractivity contribution < 1.29 is 38.1 Å². The quantitative estimate of drug-likeness (QED) is 0.406. The van der Waals surface area contributed by atoms with Crippen molar-refractivity contribution in [1.82, 2.24) is 0 Å². The predicted molar refractivity (Wildman–Crippen MR) is 74.8 cm³/mol. The number of anilines is 1. The summed E-state index contributed by atoms with van der Waals surface area (Å²) in [6.45, 7) is 0. The van der Waals surface area contributed by atoms with E-state index in [4.69, 9.17) is 15.0 Å². The molecule has 126 valence electrons. The summed E-state index contributed by atoms with van der Waals surface area (Å²) < 4.78 is 27.9. The summed E-state index contributed by atoms with van der Waals surface area (Å²) in [6.07, 6.45) is -7.46. The fourth-order valence-electron chi connectivity index (χ4n) is 2.07.